The lowest BCUT2D eigenvalue weighted by atomic mass is 10.1. The first-order valence-electron chi connectivity index (χ1n) is 5.20. The molecule has 0 spiro atoms. The highest BCUT2D eigenvalue weighted by Gasteiger charge is 2.12. The van der Waals surface area contributed by atoms with Crippen molar-refractivity contribution >= 4 is 49.0 Å². The van der Waals surface area contributed by atoms with Crippen LogP contribution in [0.15, 0.2) is 38.6 Å². The lowest BCUT2D eigenvalue weighted by Crippen LogP contribution is -2.03. The summed E-state index contributed by atoms with van der Waals surface area (Å²) in [6.07, 6.45) is 0.414. The average molecular weight is 390 g/mol. The average Bonchev–Trinajstić information content (AvgIpc) is 2.75. The van der Waals surface area contributed by atoms with Crippen LogP contribution in [-0.2, 0) is 6.42 Å². The van der Waals surface area contributed by atoms with Gasteiger partial charge in [0.25, 0.3) is 0 Å². The molecule has 1 aromatic carbocycles. The minimum absolute atomic E-state index is 0.0986. The summed E-state index contributed by atoms with van der Waals surface area (Å²) in [6.45, 7) is 0. The first-order valence-corrected chi connectivity index (χ1v) is 7.67. The molecule has 94 valence electrons. The fourth-order valence-electron chi connectivity index (χ4n) is 1.54. The smallest absolute Gasteiger partial charge is 0.168 e. The van der Waals surface area contributed by atoms with Crippen LogP contribution in [0, 0.1) is 0 Å². The van der Waals surface area contributed by atoms with E-state index in [4.69, 9.17) is 4.74 Å². The maximum absolute atomic E-state index is 12.1. The number of methoxy groups -OCH3 is 1. The third kappa shape index (κ3) is 3.02. The van der Waals surface area contributed by atoms with E-state index in [-0.39, 0.29) is 5.78 Å². The molecular formula is C13H10Br2O2S. The van der Waals surface area contributed by atoms with Crippen molar-refractivity contribution in [3.63, 3.8) is 0 Å². The molecule has 0 aliphatic rings. The van der Waals surface area contributed by atoms with E-state index in [9.17, 15) is 4.79 Å². The molecule has 0 radical (unpaired) electrons. The van der Waals surface area contributed by atoms with Gasteiger partial charge in [-0.3, -0.25) is 4.79 Å². The molecule has 0 bridgehead atoms. The number of hydrogen-bond acceptors (Lipinski definition) is 3. The van der Waals surface area contributed by atoms with E-state index in [2.05, 4.69) is 31.9 Å². The number of rotatable bonds is 4. The highest BCUT2D eigenvalue weighted by molar-refractivity contribution is 9.10. The maximum Gasteiger partial charge on any atom is 0.168 e. The summed E-state index contributed by atoms with van der Waals surface area (Å²) in [5, 5.41) is 1.97. The lowest BCUT2D eigenvalue weighted by molar-refractivity contribution is 0.0993. The van der Waals surface area contributed by atoms with E-state index in [0.29, 0.717) is 12.0 Å². The Hall–Kier alpha value is -0.650. The zero-order valence-corrected chi connectivity index (χ0v) is 13.6. The number of halogens is 2. The number of hydrogen-bond donors (Lipinski definition) is 0. The molecule has 0 atom stereocenters. The van der Waals surface area contributed by atoms with Gasteiger partial charge in [-0.2, -0.15) is 0 Å². The molecule has 1 aromatic heterocycles. The van der Waals surface area contributed by atoms with Crippen molar-refractivity contribution < 1.29 is 9.53 Å². The van der Waals surface area contributed by atoms with Crippen LogP contribution in [0.2, 0.25) is 0 Å². The summed E-state index contributed by atoms with van der Waals surface area (Å²) < 4.78 is 6.93. The molecular weight excluding hydrogens is 380 g/mol. The number of carbonyl (C=O) groups excluding carboxylic acids is 1. The molecule has 2 nitrogen and oxygen atoms in total. The van der Waals surface area contributed by atoms with Crippen LogP contribution in [0.4, 0.5) is 0 Å². The third-order valence-electron chi connectivity index (χ3n) is 2.49. The third-order valence-corrected chi connectivity index (χ3v) is 5.03. The topological polar surface area (TPSA) is 26.3 Å². The van der Waals surface area contributed by atoms with Crippen LogP contribution in [0.1, 0.15) is 15.2 Å². The van der Waals surface area contributed by atoms with Gasteiger partial charge in [0, 0.05) is 21.3 Å². The summed E-state index contributed by atoms with van der Waals surface area (Å²) in [6, 6.07) is 7.33. The Labute approximate surface area is 126 Å². The number of Topliss-reactive ketones (excluding diaryl/α,β-unsaturated/α-hetero) is 1. The van der Waals surface area contributed by atoms with Gasteiger partial charge in [-0.05, 0) is 61.5 Å². The summed E-state index contributed by atoms with van der Waals surface area (Å²) in [7, 11) is 1.60. The van der Waals surface area contributed by atoms with Gasteiger partial charge in [0.05, 0.1) is 11.6 Å². The molecule has 2 aromatic rings. The Balaban J connectivity index is 2.19. The van der Waals surface area contributed by atoms with Gasteiger partial charge >= 0.3 is 0 Å². The van der Waals surface area contributed by atoms with E-state index >= 15 is 0 Å². The van der Waals surface area contributed by atoms with E-state index in [1.807, 2.05) is 11.4 Å². The van der Waals surface area contributed by atoms with Crippen molar-refractivity contribution in [1.82, 2.24) is 0 Å². The van der Waals surface area contributed by atoms with Crippen molar-refractivity contribution in [2.75, 3.05) is 7.11 Å². The van der Waals surface area contributed by atoms with Gasteiger partial charge in [-0.1, -0.05) is 0 Å². The molecule has 0 N–H and O–H groups in total. The van der Waals surface area contributed by atoms with Crippen LogP contribution in [0.25, 0.3) is 0 Å². The second-order valence-electron chi connectivity index (χ2n) is 3.64. The number of thiophene rings is 1. The normalized spacial score (nSPS) is 10.4. The SMILES string of the molecule is COc1ccc(C(=O)Cc2sccc2Br)cc1Br. The Morgan fingerprint density at radius 2 is 2.06 bits per heavy atom. The Kier molecular flexibility index (Phi) is 4.59. The zero-order valence-electron chi connectivity index (χ0n) is 9.57. The molecule has 0 amide bonds. The maximum atomic E-state index is 12.1. The monoisotopic (exact) mass is 388 g/mol. The van der Waals surface area contributed by atoms with Crippen LogP contribution in [-0.4, -0.2) is 12.9 Å². The van der Waals surface area contributed by atoms with Crippen LogP contribution in [0.3, 0.4) is 0 Å². The first-order chi connectivity index (χ1) is 8.61. The predicted molar refractivity (Wildman–Crippen MR) is 80.7 cm³/mol. The van der Waals surface area contributed by atoms with Gasteiger partial charge in [0.2, 0.25) is 0 Å². The van der Waals surface area contributed by atoms with Gasteiger partial charge in [0.15, 0.2) is 5.78 Å². The second-order valence-corrected chi connectivity index (χ2v) is 6.35. The lowest BCUT2D eigenvalue weighted by Gasteiger charge is -2.05. The van der Waals surface area contributed by atoms with Gasteiger partial charge in [-0.15, -0.1) is 11.3 Å². The molecule has 0 saturated carbocycles. The fourth-order valence-corrected chi connectivity index (χ4v) is 3.57. The minimum Gasteiger partial charge on any atom is -0.496 e. The molecule has 0 aliphatic carbocycles. The number of ether oxygens (including phenoxy) is 1. The van der Waals surface area contributed by atoms with Crippen molar-refractivity contribution in [1.29, 1.82) is 0 Å². The molecule has 0 unspecified atom stereocenters. The molecule has 2 rings (SSSR count). The summed E-state index contributed by atoms with van der Waals surface area (Å²) in [5.41, 5.74) is 0.683. The Morgan fingerprint density at radius 1 is 1.28 bits per heavy atom. The fraction of sp³-hybridized carbons (Fsp3) is 0.154. The second kappa shape index (κ2) is 5.99. The first kappa shape index (κ1) is 13.8. The molecule has 0 aliphatic heterocycles. The molecule has 0 fully saturated rings. The number of ketones is 1. The van der Waals surface area contributed by atoms with Crippen molar-refractivity contribution in [3.8, 4) is 5.75 Å². The van der Waals surface area contributed by atoms with Crippen LogP contribution < -0.4 is 4.74 Å². The van der Waals surface area contributed by atoms with E-state index in [1.165, 1.54) is 0 Å². The van der Waals surface area contributed by atoms with Gasteiger partial charge in [-0.25, -0.2) is 0 Å². The van der Waals surface area contributed by atoms with Crippen LogP contribution >= 0.6 is 43.2 Å². The number of carbonyl (C=O) groups is 1. The summed E-state index contributed by atoms with van der Waals surface area (Å²) >= 11 is 8.40. The van der Waals surface area contributed by atoms with E-state index < -0.39 is 0 Å². The number of benzene rings is 1. The largest absolute Gasteiger partial charge is 0.496 e. The van der Waals surface area contributed by atoms with E-state index in [1.54, 1.807) is 36.6 Å². The van der Waals surface area contributed by atoms with Crippen molar-refractivity contribution in [3.05, 3.63) is 49.0 Å². The van der Waals surface area contributed by atoms with Crippen molar-refractivity contribution in [2.24, 2.45) is 0 Å². The quantitative estimate of drug-likeness (QED) is 0.708. The van der Waals surface area contributed by atoms with Gasteiger partial charge < -0.3 is 4.74 Å². The Morgan fingerprint density at radius 3 is 2.61 bits per heavy atom. The highest BCUT2D eigenvalue weighted by Crippen LogP contribution is 2.28. The van der Waals surface area contributed by atoms with Crippen LogP contribution in [0.5, 0.6) is 5.75 Å². The molecule has 5 heteroatoms. The summed E-state index contributed by atoms with van der Waals surface area (Å²) in [4.78, 5) is 13.2. The van der Waals surface area contributed by atoms with Crippen molar-refractivity contribution in [2.45, 2.75) is 6.42 Å². The highest BCUT2D eigenvalue weighted by atomic mass is 79.9. The summed E-state index contributed by atoms with van der Waals surface area (Å²) in [5.74, 6) is 0.824. The molecule has 0 saturated heterocycles. The van der Waals surface area contributed by atoms with E-state index in [0.717, 1.165) is 19.6 Å². The molecule has 18 heavy (non-hydrogen) atoms. The molecule has 1 heterocycles. The standard InChI is InChI=1S/C13H10Br2O2S/c1-17-12-3-2-8(6-10(12)15)11(16)7-13-9(14)4-5-18-13/h2-6H,7H2,1H3. The Bertz CT molecular complexity index is 578. The minimum atomic E-state index is 0.0986. The van der Waals surface area contributed by atoms with Gasteiger partial charge in [0.1, 0.15) is 5.75 Å². The predicted octanol–water partition coefficient (Wildman–Crippen LogP) is 4.71. The zero-order chi connectivity index (χ0) is 13.1.